The van der Waals surface area contributed by atoms with Gasteiger partial charge in [-0.2, -0.15) is 0 Å². The minimum absolute atomic E-state index is 0. The molecule has 32 heavy (non-hydrogen) atoms. The third-order valence-corrected chi connectivity index (χ3v) is 5.99. The number of hydrogen-bond acceptors (Lipinski definition) is 2. The molecule has 0 unspecified atom stereocenters. The Balaban J connectivity index is 0.00000363. The SMILES string of the molecule is Br.CCCCCCCCCC(C(=O)Oc1ccccc1)(c1ccccc1)c1ccccc1. The highest BCUT2D eigenvalue weighted by molar-refractivity contribution is 8.93. The van der Waals surface area contributed by atoms with E-state index in [0.29, 0.717) is 5.75 Å². The van der Waals surface area contributed by atoms with Gasteiger partial charge in [0.15, 0.2) is 0 Å². The minimum atomic E-state index is -0.818. The second-order valence-electron chi connectivity index (χ2n) is 8.21. The van der Waals surface area contributed by atoms with E-state index in [-0.39, 0.29) is 23.0 Å². The Morgan fingerprint density at radius 1 is 0.656 bits per heavy atom. The molecule has 0 saturated heterocycles. The quantitative estimate of drug-likeness (QED) is 0.144. The Hall–Kier alpha value is -2.39. The predicted molar refractivity (Wildman–Crippen MR) is 139 cm³/mol. The molecule has 0 heterocycles. The molecule has 0 aliphatic carbocycles. The zero-order valence-electron chi connectivity index (χ0n) is 19.0. The number of carbonyl (C=O) groups is 1. The van der Waals surface area contributed by atoms with Crippen LogP contribution in [0.2, 0.25) is 0 Å². The fourth-order valence-corrected chi connectivity index (χ4v) is 4.27. The molecule has 3 heteroatoms. The molecule has 0 aliphatic rings. The van der Waals surface area contributed by atoms with Crippen LogP contribution in [-0.4, -0.2) is 5.97 Å². The van der Waals surface area contributed by atoms with E-state index in [1.165, 1.54) is 32.1 Å². The summed E-state index contributed by atoms with van der Waals surface area (Å²) in [7, 11) is 0. The summed E-state index contributed by atoms with van der Waals surface area (Å²) >= 11 is 0. The molecule has 0 bridgehead atoms. The van der Waals surface area contributed by atoms with Crippen molar-refractivity contribution in [2.24, 2.45) is 0 Å². The molecule has 0 N–H and O–H groups in total. The summed E-state index contributed by atoms with van der Waals surface area (Å²) in [5.41, 5.74) is 1.17. The van der Waals surface area contributed by atoms with E-state index >= 15 is 0 Å². The Labute approximate surface area is 203 Å². The second-order valence-corrected chi connectivity index (χ2v) is 8.21. The van der Waals surface area contributed by atoms with E-state index in [2.05, 4.69) is 31.2 Å². The zero-order chi connectivity index (χ0) is 21.8. The highest BCUT2D eigenvalue weighted by Gasteiger charge is 2.43. The fraction of sp³-hybridized carbons (Fsp3) is 0.345. The second kappa shape index (κ2) is 13.9. The number of hydrogen-bond donors (Lipinski definition) is 0. The highest BCUT2D eigenvalue weighted by atomic mass is 79.9. The number of benzene rings is 3. The molecule has 0 atom stereocenters. The van der Waals surface area contributed by atoms with Crippen LogP contribution in [0.1, 0.15) is 69.4 Å². The monoisotopic (exact) mass is 494 g/mol. The number of unbranched alkanes of at least 4 members (excludes halogenated alkanes) is 6. The van der Waals surface area contributed by atoms with Crippen LogP contribution in [0.25, 0.3) is 0 Å². The topological polar surface area (TPSA) is 26.3 Å². The lowest BCUT2D eigenvalue weighted by Crippen LogP contribution is -2.40. The summed E-state index contributed by atoms with van der Waals surface area (Å²) in [4.78, 5) is 13.8. The Kier molecular flexibility index (Phi) is 11.2. The van der Waals surface area contributed by atoms with Crippen molar-refractivity contribution in [3.63, 3.8) is 0 Å². The highest BCUT2D eigenvalue weighted by Crippen LogP contribution is 2.39. The van der Waals surface area contributed by atoms with Gasteiger partial charge in [-0.3, -0.25) is 4.79 Å². The van der Waals surface area contributed by atoms with Gasteiger partial charge in [-0.05, 0) is 29.7 Å². The van der Waals surface area contributed by atoms with Gasteiger partial charge in [0, 0.05) is 0 Å². The first-order valence-corrected chi connectivity index (χ1v) is 11.7. The van der Waals surface area contributed by atoms with Crippen LogP contribution in [-0.2, 0) is 10.2 Å². The van der Waals surface area contributed by atoms with Gasteiger partial charge in [0.2, 0.25) is 0 Å². The molecule has 3 aromatic carbocycles. The fourth-order valence-electron chi connectivity index (χ4n) is 4.27. The molecule has 0 radical (unpaired) electrons. The van der Waals surface area contributed by atoms with Crippen LogP contribution in [0.15, 0.2) is 91.0 Å². The van der Waals surface area contributed by atoms with Gasteiger partial charge >= 0.3 is 5.97 Å². The molecule has 0 aromatic heterocycles. The van der Waals surface area contributed by atoms with E-state index in [4.69, 9.17) is 4.74 Å². The van der Waals surface area contributed by atoms with E-state index in [1.54, 1.807) is 0 Å². The summed E-state index contributed by atoms with van der Waals surface area (Å²) in [5.74, 6) is 0.380. The summed E-state index contributed by atoms with van der Waals surface area (Å²) in [6.07, 6.45) is 9.20. The molecule has 170 valence electrons. The molecule has 3 rings (SSSR count). The van der Waals surface area contributed by atoms with E-state index in [0.717, 1.165) is 30.4 Å². The maximum absolute atomic E-state index is 13.8. The van der Waals surface area contributed by atoms with Gasteiger partial charge < -0.3 is 4.74 Å². The van der Waals surface area contributed by atoms with Gasteiger partial charge in [0.25, 0.3) is 0 Å². The molecule has 0 saturated carbocycles. The average Bonchev–Trinajstić information content (AvgIpc) is 2.83. The van der Waals surface area contributed by atoms with Crippen molar-refractivity contribution in [3.05, 3.63) is 102 Å². The van der Waals surface area contributed by atoms with E-state index in [9.17, 15) is 4.79 Å². The van der Waals surface area contributed by atoms with E-state index < -0.39 is 5.41 Å². The smallest absolute Gasteiger partial charge is 0.326 e. The Morgan fingerprint density at radius 3 is 1.59 bits per heavy atom. The summed E-state index contributed by atoms with van der Waals surface area (Å²) in [6.45, 7) is 2.24. The average molecular weight is 496 g/mol. The Morgan fingerprint density at radius 2 is 1.09 bits per heavy atom. The molecule has 3 aromatic rings. The standard InChI is InChI=1S/C29H34O2.BrH/c1-2-3-4-5-6-7-17-24-29(25-18-11-8-12-19-25,26-20-13-9-14-21-26)28(30)31-27-22-15-10-16-23-27;/h8-16,18-23H,2-7,17,24H2,1H3;1H. The van der Waals surface area contributed by atoms with Crippen molar-refractivity contribution in [2.45, 2.75) is 63.7 Å². The van der Waals surface area contributed by atoms with Crippen molar-refractivity contribution >= 4 is 23.0 Å². The van der Waals surface area contributed by atoms with Crippen molar-refractivity contribution < 1.29 is 9.53 Å². The Bertz CT molecular complexity index is 855. The third-order valence-electron chi connectivity index (χ3n) is 5.99. The molecule has 0 spiro atoms. The lowest BCUT2D eigenvalue weighted by molar-refractivity contribution is -0.139. The minimum Gasteiger partial charge on any atom is -0.426 e. The zero-order valence-corrected chi connectivity index (χ0v) is 20.8. The predicted octanol–water partition coefficient (Wildman–Crippen LogP) is 8.30. The van der Waals surface area contributed by atoms with Crippen LogP contribution >= 0.6 is 17.0 Å². The van der Waals surface area contributed by atoms with Gasteiger partial charge in [-0.1, -0.05) is 131 Å². The number of rotatable bonds is 12. The van der Waals surface area contributed by atoms with Gasteiger partial charge in [0.1, 0.15) is 11.2 Å². The summed E-state index contributed by atoms with van der Waals surface area (Å²) < 4.78 is 5.96. The molecule has 0 amide bonds. The normalized spacial score (nSPS) is 10.9. The lowest BCUT2D eigenvalue weighted by atomic mass is 9.71. The van der Waals surface area contributed by atoms with Gasteiger partial charge in [-0.15, -0.1) is 17.0 Å². The third kappa shape index (κ3) is 6.80. The van der Waals surface area contributed by atoms with Crippen LogP contribution in [0.3, 0.4) is 0 Å². The van der Waals surface area contributed by atoms with Crippen molar-refractivity contribution in [1.82, 2.24) is 0 Å². The van der Waals surface area contributed by atoms with Crippen molar-refractivity contribution in [2.75, 3.05) is 0 Å². The first kappa shape index (κ1) is 25.9. The molecule has 2 nitrogen and oxygen atoms in total. The number of para-hydroxylation sites is 1. The van der Waals surface area contributed by atoms with Gasteiger partial charge in [0.05, 0.1) is 0 Å². The molecule has 0 aliphatic heterocycles. The first-order valence-electron chi connectivity index (χ1n) is 11.7. The molecular formula is C29H35BrO2. The molecular weight excluding hydrogens is 460 g/mol. The largest absolute Gasteiger partial charge is 0.426 e. The van der Waals surface area contributed by atoms with E-state index in [1.807, 2.05) is 66.7 Å². The summed E-state index contributed by atoms with van der Waals surface area (Å²) in [5, 5.41) is 0. The van der Waals surface area contributed by atoms with Crippen molar-refractivity contribution in [1.29, 1.82) is 0 Å². The van der Waals surface area contributed by atoms with Gasteiger partial charge in [-0.25, -0.2) is 0 Å². The first-order chi connectivity index (χ1) is 15.3. The van der Waals surface area contributed by atoms with Crippen LogP contribution < -0.4 is 4.74 Å². The maximum Gasteiger partial charge on any atom is 0.326 e. The summed E-state index contributed by atoms with van der Waals surface area (Å²) in [6, 6.07) is 29.6. The van der Waals surface area contributed by atoms with Crippen LogP contribution in [0, 0.1) is 0 Å². The number of esters is 1. The van der Waals surface area contributed by atoms with Crippen LogP contribution in [0.4, 0.5) is 0 Å². The number of ether oxygens (including phenoxy) is 1. The van der Waals surface area contributed by atoms with Crippen molar-refractivity contribution in [3.8, 4) is 5.75 Å². The van der Waals surface area contributed by atoms with Crippen LogP contribution in [0.5, 0.6) is 5.75 Å². The number of carbonyl (C=O) groups excluding carboxylic acids is 1. The maximum atomic E-state index is 13.8. The molecule has 0 fully saturated rings. The number of halogens is 1. The lowest BCUT2D eigenvalue weighted by Gasteiger charge is -2.33.